The van der Waals surface area contributed by atoms with E-state index in [9.17, 15) is 4.79 Å². The molecule has 19 heavy (non-hydrogen) atoms. The average Bonchev–Trinajstić information content (AvgIpc) is 3.01. The van der Waals surface area contributed by atoms with Crippen LogP contribution in [0.1, 0.15) is 40.7 Å². The number of amides is 1. The van der Waals surface area contributed by atoms with Crippen LogP contribution in [0.2, 0.25) is 0 Å². The summed E-state index contributed by atoms with van der Waals surface area (Å²) in [4.78, 5) is 19.0. The second-order valence-corrected chi connectivity index (χ2v) is 5.67. The van der Waals surface area contributed by atoms with Gasteiger partial charge in [0.25, 0.3) is 5.91 Å². The van der Waals surface area contributed by atoms with Crippen molar-refractivity contribution in [2.24, 2.45) is 0 Å². The highest BCUT2D eigenvalue weighted by molar-refractivity contribution is 7.09. The van der Waals surface area contributed by atoms with Crippen LogP contribution >= 0.6 is 11.3 Å². The zero-order valence-corrected chi connectivity index (χ0v) is 11.5. The smallest absolute Gasteiger partial charge is 0.254 e. The number of likely N-dealkylation sites (tertiary alicyclic amines) is 1. The molecule has 0 saturated carbocycles. The average molecular weight is 272 g/mol. The highest BCUT2D eigenvalue weighted by Gasteiger charge is 2.29. The van der Waals surface area contributed by atoms with Gasteiger partial charge in [-0.15, -0.1) is 11.3 Å². The third-order valence-corrected chi connectivity index (χ3v) is 4.40. The Morgan fingerprint density at radius 2 is 2.11 bits per heavy atom. The number of rotatable bonds is 2. The van der Waals surface area contributed by atoms with Crippen molar-refractivity contribution in [3.63, 3.8) is 0 Å². The Balaban J connectivity index is 1.87. The molecule has 3 nitrogen and oxygen atoms in total. The lowest BCUT2D eigenvalue weighted by atomic mass is 10.0. The molecule has 1 aromatic carbocycles. The molecule has 4 heteroatoms. The molecule has 1 aliphatic rings. The molecule has 3 rings (SSSR count). The highest BCUT2D eigenvalue weighted by Crippen LogP contribution is 2.32. The SMILES string of the molecule is O=C(c1ccccc1)N1CCCCC1c1nccs1. The van der Waals surface area contributed by atoms with Gasteiger partial charge >= 0.3 is 0 Å². The van der Waals surface area contributed by atoms with Gasteiger partial charge in [0.05, 0.1) is 6.04 Å². The van der Waals surface area contributed by atoms with E-state index >= 15 is 0 Å². The van der Waals surface area contributed by atoms with Crippen molar-refractivity contribution in [1.29, 1.82) is 0 Å². The first-order valence-electron chi connectivity index (χ1n) is 6.61. The van der Waals surface area contributed by atoms with Crippen LogP contribution < -0.4 is 0 Å². The van der Waals surface area contributed by atoms with E-state index in [4.69, 9.17) is 0 Å². The highest BCUT2D eigenvalue weighted by atomic mass is 32.1. The summed E-state index contributed by atoms with van der Waals surface area (Å²) >= 11 is 1.64. The van der Waals surface area contributed by atoms with Crippen molar-refractivity contribution in [2.75, 3.05) is 6.54 Å². The summed E-state index contributed by atoms with van der Waals surface area (Å²) in [6.07, 6.45) is 5.09. The van der Waals surface area contributed by atoms with Crippen LogP contribution in [0.25, 0.3) is 0 Å². The van der Waals surface area contributed by atoms with Crippen LogP contribution in [0, 0.1) is 0 Å². The van der Waals surface area contributed by atoms with Crippen LogP contribution in [0.3, 0.4) is 0 Å². The van der Waals surface area contributed by atoms with Gasteiger partial charge in [0.15, 0.2) is 0 Å². The van der Waals surface area contributed by atoms with Gasteiger partial charge in [0.2, 0.25) is 0 Å². The summed E-state index contributed by atoms with van der Waals surface area (Å²) in [5.41, 5.74) is 0.769. The molecule has 1 aliphatic heterocycles. The first-order chi connectivity index (χ1) is 9.36. The number of aromatic nitrogens is 1. The van der Waals surface area contributed by atoms with Gasteiger partial charge in [-0.2, -0.15) is 0 Å². The minimum Gasteiger partial charge on any atom is -0.329 e. The van der Waals surface area contributed by atoms with Crippen LogP contribution in [-0.4, -0.2) is 22.3 Å². The second-order valence-electron chi connectivity index (χ2n) is 4.75. The van der Waals surface area contributed by atoms with E-state index in [2.05, 4.69) is 4.98 Å². The Morgan fingerprint density at radius 1 is 1.26 bits per heavy atom. The Bertz CT molecular complexity index is 539. The number of carbonyl (C=O) groups excluding carboxylic acids is 1. The largest absolute Gasteiger partial charge is 0.329 e. The Morgan fingerprint density at radius 3 is 2.84 bits per heavy atom. The van der Waals surface area contributed by atoms with E-state index in [0.717, 1.165) is 30.0 Å². The molecular formula is C15H16N2OS. The molecule has 1 amide bonds. The number of hydrogen-bond donors (Lipinski definition) is 0. The van der Waals surface area contributed by atoms with Gasteiger partial charge in [-0.3, -0.25) is 4.79 Å². The van der Waals surface area contributed by atoms with Crippen molar-refractivity contribution >= 4 is 17.2 Å². The van der Waals surface area contributed by atoms with Gasteiger partial charge in [-0.1, -0.05) is 18.2 Å². The summed E-state index contributed by atoms with van der Waals surface area (Å²) in [6, 6.07) is 9.68. The van der Waals surface area contributed by atoms with Crippen LogP contribution in [-0.2, 0) is 0 Å². The standard InChI is InChI=1S/C15H16N2OS/c18-15(12-6-2-1-3-7-12)17-10-5-4-8-13(17)14-16-9-11-19-14/h1-3,6-7,9,11,13H,4-5,8,10H2. The zero-order valence-electron chi connectivity index (χ0n) is 10.7. The van der Waals surface area contributed by atoms with Crippen molar-refractivity contribution in [2.45, 2.75) is 25.3 Å². The van der Waals surface area contributed by atoms with E-state index in [1.54, 1.807) is 11.3 Å². The molecule has 2 heterocycles. The lowest BCUT2D eigenvalue weighted by molar-refractivity contribution is 0.0611. The lowest BCUT2D eigenvalue weighted by Crippen LogP contribution is -2.38. The fourth-order valence-corrected chi connectivity index (χ4v) is 3.36. The molecule has 1 atom stereocenters. The van der Waals surface area contributed by atoms with E-state index in [0.29, 0.717) is 0 Å². The molecule has 0 radical (unpaired) electrons. The predicted molar refractivity (Wildman–Crippen MR) is 76.2 cm³/mol. The fraction of sp³-hybridized carbons (Fsp3) is 0.333. The molecule has 1 fully saturated rings. The van der Waals surface area contributed by atoms with Gasteiger partial charge in [0.1, 0.15) is 5.01 Å². The number of piperidine rings is 1. The Kier molecular flexibility index (Phi) is 3.60. The van der Waals surface area contributed by atoms with E-state index < -0.39 is 0 Å². The van der Waals surface area contributed by atoms with E-state index in [1.165, 1.54) is 6.42 Å². The number of thiazole rings is 1. The van der Waals surface area contributed by atoms with Crippen molar-refractivity contribution < 1.29 is 4.79 Å². The number of carbonyl (C=O) groups is 1. The minimum absolute atomic E-state index is 0.125. The second kappa shape index (κ2) is 5.53. The molecule has 1 unspecified atom stereocenters. The van der Waals surface area contributed by atoms with Crippen molar-refractivity contribution in [3.8, 4) is 0 Å². The van der Waals surface area contributed by atoms with Crippen LogP contribution in [0.15, 0.2) is 41.9 Å². The fourth-order valence-electron chi connectivity index (χ4n) is 2.58. The topological polar surface area (TPSA) is 33.2 Å². The van der Waals surface area contributed by atoms with Crippen molar-refractivity contribution in [1.82, 2.24) is 9.88 Å². The van der Waals surface area contributed by atoms with E-state index in [-0.39, 0.29) is 11.9 Å². The maximum absolute atomic E-state index is 12.6. The molecule has 1 saturated heterocycles. The predicted octanol–water partition coefficient (Wildman–Crippen LogP) is 3.51. The molecule has 2 aromatic rings. The zero-order chi connectivity index (χ0) is 13.1. The maximum atomic E-state index is 12.6. The first kappa shape index (κ1) is 12.4. The molecular weight excluding hydrogens is 256 g/mol. The summed E-state index contributed by atoms with van der Waals surface area (Å²) in [5.74, 6) is 0.125. The molecule has 0 bridgehead atoms. The Hall–Kier alpha value is -1.68. The summed E-state index contributed by atoms with van der Waals surface area (Å²) in [5, 5.41) is 3.04. The van der Waals surface area contributed by atoms with Gasteiger partial charge in [-0.25, -0.2) is 4.98 Å². The molecule has 0 spiro atoms. The lowest BCUT2D eigenvalue weighted by Gasteiger charge is -2.34. The van der Waals surface area contributed by atoms with Crippen LogP contribution in [0.4, 0.5) is 0 Å². The normalized spacial score (nSPS) is 19.4. The molecule has 0 N–H and O–H groups in total. The first-order valence-corrected chi connectivity index (χ1v) is 7.49. The van der Waals surface area contributed by atoms with Crippen molar-refractivity contribution in [3.05, 3.63) is 52.5 Å². The maximum Gasteiger partial charge on any atom is 0.254 e. The Labute approximate surface area is 116 Å². The molecule has 0 aliphatic carbocycles. The van der Waals surface area contributed by atoms with Gasteiger partial charge in [-0.05, 0) is 31.4 Å². The van der Waals surface area contributed by atoms with Crippen LogP contribution in [0.5, 0.6) is 0 Å². The number of benzene rings is 1. The minimum atomic E-state index is 0.125. The summed E-state index contributed by atoms with van der Waals surface area (Å²) in [6.45, 7) is 0.831. The quantitative estimate of drug-likeness (QED) is 0.838. The van der Waals surface area contributed by atoms with E-state index in [1.807, 2.05) is 46.8 Å². The number of hydrogen-bond acceptors (Lipinski definition) is 3. The summed E-state index contributed by atoms with van der Waals surface area (Å²) < 4.78 is 0. The van der Waals surface area contributed by atoms with Gasteiger partial charge < -0.3 is 4.90 Å². The molecule has 98 valence electrons. The summed E-state index contributed by atoms with van der Waals surface area (Å²) in [7, 11) is 0. The third-order valence-electron chi connectivity index (χ3n) is 3.52. The number of nitrogens with zero attached hydrogens (tertiary/aromatic N) is 2. The molecule has 1 aromatic heterocycles. The third kappa shape index (κ3) is 2.54. The van der Waals surface area contributed by atoms with Gasteiger partial charge in [0, 0.05) is 23.7 Å². The monoisotopic (exact) mass is 272 g/mol.